The standard InChI is InChI=1S/C26H27N7O2S/c1-32-8-4-5-18(12-32)35-22-10-16(19-13-33(2)31-26(19)34-3)9-21-24(22)25(28-14-27-21)30-17-6-7-20-23(11-17)36-15-29-20/h6-7,9-11,13-15,18H,4-5,8,12H2,1-3H3,(H,27,28,30)/t18-/m0/s1. The fourth-order valence-corrected chi connectivity index (χ4v) is 5.49. The van der Waals surface area contributed by atoms with E-state index in [0.717, 1.165) is 69.6 Å². The average Bonchev–Trinajstić information content (AvgIpc) is 3.49. The molecule has 184 valence electrons. The molecule has 1 aliphatic rings. The van der Waals surface area contributed by atoms with Crippen molar-refractivity contribution in [3.05, 3.63) is 48.4 Å². The number of piperidine rings is 1. The number of methoxy groups -OCH3 is 1. The minimum absolute atomic E-state index is 0.0830. The van der Waals surface area contributed by atoms with E-state index in [1.54, 1.807) is 29.5 Å². The van der Waals surface area contributed by atoms with E-state index in [1.165, 1.54) is 0 Å². The summed E-state index contributed by atoms with van der Waals surface area (Å²) in [5, 5.41) is 8.78. The number of aryl methyl sites for hydroxylation is 1. The molecule has 0 unspecified atom stereocenters. The quantitative estimate of drug-likeness (QED) is 0.353. The summed E-state index contributed by atoms with van der Waals surface area (Å²) in [5.74, 6) is 2.01. The summed E-state index contributed by atoms with van der Waals surface area (Å²) >= 11 is 1.61. The van der Waals surface area contributed by atoms with E-state index in [1.807, 2.05) is 37.0 Å². The number of likely N-dealkylation sites (N-methyl/N-ethyl adjacent to an activating group) is 1. The first-order chi connectivity index (χ1) is 17.6. The molecule has 5 aromatic rings. The number of hydrogen-bond donors (Lipinski definition) is 1. The summed E-state index contributed by atoms with van der Waals surface area (Å²) in [6.07, 6.45) is 5.72. The van der Waals surface area contributed by atoms with E-state index in [2.05, 4.69) is 49.4 Å². The molecule has 4 heterocycles. The molecule has 0 radical (unpaired) electrons. The Labute approximate surface area is 212 Å². The molecule has 0 aliphatic carbocycles. The molecule has 0 bridgehead atoms. The van der Waals surface area contributed by atoms with Crippen molar-refractivity contribution in [1.82, 2.24) is 29.6 Å². The molecule has 0 saturated carbocycles. The second-order valence-electron chi connectivity index (χ2n) is 9.12. The van der Waals surface area contributed by atoms with Gasteiger partial charge in [0.1, 0.15) is 24.0 Å². The highest BCUT2D eigenvalue weighted by atomic mass is 32.1. The number of benzene rings is 2. The molecule has 1 N–H and O–H groups in total. The molecule has 2 aromatic carbocycles. The maximum absolute atomic E-state index is 6.68. The van der Waals surface area contributed by atoms with Gasteiger partial charge in [0.05, 0.1) is 39.3 Å². The van der Waals surface area contributed by atoms with Crippen LogP contribution >= 0.6 is 11.3 Å². The van der Waals surface area contributed by atoms with Gasteiger partial charge in [-0.05, 0) is 62.3 Å². The van der Waals surface area contributed by atoms with E-state index in [-0.39, 0.29) is 6.10 Å². The molecule has 0 spiro atoms. The molecular weight excluding hydrogens is 474 g/mol. The van der Waals surface area contributed by atoms with Gasteiger partial charge in [-0.3, -0.25) is 4.68 Å². The summed E-state index contributed by atoms with van der Waals surface area (Å²) in [7, 11) is 5.65. The lowest BCUT2D eigenvalue weighted by atomic mass is 10.0. The second kappa shape index (κ2) is 9.36. The molecular formula is C26H27N7O2S. The lowest BCUT2D eigenvalue weighted by Gasteiger charge is -2.30. The first kappa shape index (κ1) is 22.7. The minimum Gasteiger partial charge on any atom is -0.488 e. The molecule has 1 fully saturated rings. The zero-order valence-electron chi connectivity index (χ0n) is 20.4. The molecule has 10 heteroatoms. The number of thiazole rings is 1. The second-order valence-corrected chi connectivity index (χ2v) is 10.0. The fraction of sp³-hybridized carbons (Fsp3) is 0.308. The van der Waals surface area contributed by atoms with Gasteiger partial charge in [0.15, 0.2) is 0 Å². The Hall–Kier alpha value is -3.76. The van der Waals surface area contributed by atoms with Gasteiger partial charge in [-0.2, -0.15) is 0 Å². The Morgan fingerprint density at radius 1 is 1.08 bits per heavy atom. The van der Waals surface area contributed by atoms with Gasteiger partial charge in [0.25, 0.3) is 0 Å². The van der Waals surface area contributed by atoms with Crippen LogP contribution in [-0.4, -0.2) is 63.0 Å². The third-order valence-corrected chi connectivity index (χ3v) is 7.26. The number of hydrogen-bond acceptors (Lipinski definition) is 9. The highest BCUT2D eigenvalue weighted by Crippen LogP contribution is 2.39. The summed E-state index contributed by atoms with van der Waals surface area (Å²) in [6, 6.07) is 10.2. The van der Waals surface area contributed by atoms with Crippen molar-refractivity contribution in [2.24, 2.45) is 7.05 Å². The van der Waals surface area contributed by atoms with Crippen molar-refractivity contribution in [1.29, 1.82) is 0 Å². The first-order valence-corrected chi connectivity index (χ1v) is 12.8. The zero-order chi connectivity index (χ0) is 24.6. The van der Waals surface area contributed by atoms with Crippen molar-refractivity contribution in [3.8, 4) is 22.8 Å². The Bertz CT molecular complexity index is 1550. The summed E-state index contributed by atoms with van der Waals surface area (Å²) < 4.78 is 15.1. The number of likely N-dealkylation sites (tertiary alicyclic amines) is 1. The van der Waals surface area contributed by atoms with Gasteiger partial charge in [-0.15, -0.1) is 16.4 Å². The molecule has 9 nitrogen and oxygen atoms in total. The molecule has 1 atom stereocenters. The van der Waals surface area contributed by atoms with E-state index in [4.69, 9.17) is 9.47 Å². The summed E-state index contributed by atoms with van der Waals surface area (Å²) in [6.45, 7) is 1.96. The SMILES string of the molecule is COc1nn(C)cc1-c1cc(O[C@H]2CCCN(C)C2)c2c(Nc3ccc4ncsc4c3)ncnc2c1. The summed E-state index contributed by atoms with van der Waals surface area (Å²) in [5.41, 5.74) is 6.38. The molecule has 0 amide bonds. The number of ether oxygens (including phenoxy) is 2. The van der Waals surface area contributed by atoms with Crippen LogP contribution in [0.2, 0.25) is 0 Å². The first-order valence-electron chi connectivity index (χ1n) is 11.9. The Morgan fingerprint density at radius 2 is 2.00 bits per heavy atom. The number of nitrogens with one attached hydrogen (secondary N) is 1. The highest BCUT2D eigenvalue weighted by Gasteiger charge is 2.23. The van der Waals surface area contributed by atoms with Crippen LogP contribution in [0.1, 0.15) is 12.8 Å². The molecule has 36 heavy (non-hydrogen) atoms. The number of aromatic nitrogens is 5. The van der Waals surface area contributed by atoms with Crippen LogP contribution in [0.5, 0.6) is 11.6 Å². The van der Waals surface area contributed by atoms with Gasteiger partial charge in [-0.1, -0.05) is 0 Å². The molecule has 1 saturated heterocycles. The van der Waals surface area contributed by atoms with Crippen molar-refractivity contribution in [3.63, 3.8) is 0 Å². The third-order valence-electron chi connectivity index (χ3n) is 6.47. The van der Waals surface area contributed by atoms with Crippen LogP contribution in [0.15, 0.2) is 48.4 Å². The monoisotopic (exact) mass is 501 g/mol. The van der Waals surface area contributed by atoms with Gasteiger partial charge < -0.3 is 19.7 Å². The van der Waals surface area contributed by atoms with Crippen LogP contribution in [0.25, 0.3) is 32.2 Å². The van der Waals surface area contributed by atoms with Crippen molar-refractivity contribution < 1.29 is 9.47 Å². The van der Waals surface area contributed by atoms with Crippen molar-refractivity contribution in [2.45, 2.75) is 18.9 Å². The van der Waals surface area contributed by atoms with Crippen LogP contribution in [0, 0.1) is 0 Å². The largest absolute Gasteiger partial charge is 0.488 e. The fourth-order valence-electron chi connectivity index (χ4n) is 4.78. The number of rotatable bonds is 6. The van der Waals surface area contributed by atoms with Gasteiger partial charge in [0.2, 0.25) is 5.88 Å². The number of nitrogens with zero attached hydrogens (tertiary/aromatic N) is 6. The minimum atomic E-state index is 0.0830. The van der Waals surface area contributed by atoms with Gasteiger partial charge in [0, 0.05) is 25.5 Å². The van der Waals surface area contributed by atoms with Crippen LogP contribution in [0.3, 0.4) is 0 Å². The van der Waals surface area contributed by atoms with E-state index in [0.29, 0.717) is 11.7 Å². The molecule has 3 aromatic heterocycles. The van der Waals surface area contributed by atoms with E-state index < -0.39 is 0 Å². The van der Waals surface area contributed by atoms with Gasteiger partial charge in [-0.25, -0.2) is 15.0 Å². The maximum Gasteiger partial charge on any atom is 0.240 e. The number of fused-ring (bicyclic) bond motifs is 2. The van der Waals surface area contributed by atoms with Crippen molar-refractivity contribution in [2.75, 3.05) is 32.6 Å². The van der Waals surface area contributed by atoms with Crippen LogP contribution in [0.4, 0.5) is 11.5 Å². The topological polar surface area (TPSA) is 90.2 Å². The molecule has 6 rings (SSSR count). The van der Waals surface area contributed by atoms with Gasteiger partial charge >= 0.3 is 0 Å². The average molecular weight is 502 g/mol. The number of anilines is 2. The third kappa shape index (κ3) is 4.33. The van der Waals surface area contributed by atoms with Crippen LogP contribution in [-0.2, 0) is 7.05 Å². The zero-order valence-corrected chi connectivity index (χ0v) is 21.2. The smallest absolute Gasteiger partial charge is 0.240 e. The van der Waals surface area contributed by atoms with E-state index in [9.17, 15) is 0 Å². The normalized spacial score (nSPS) is 16.5. The predicted molar refractivity (Wildman–Crippen MR) is 142 cm³/mol. The Morgan fingerprint density at radius 3 is 2.86 bits per heavy atom. The van der Waals surface area contributed by atoms with Crippen molar-refractivity contribution >= 4 is 44.0 Å². The lowest BCUT2D eigenvalue weighted by Crippen LogP contribution is -2.38. The van der Waals surface area contributed by atoms with Crippen LogP contribution < -0.4 is 14.8 Å². The lowest BCUT2D eigenvalue weighted by molar-refractivity contribution is 0.106. The highest BCUT2D eigenvalue weighted by molar-refractivity contribution is 7.16. The van der Waals surface area contributed by atoms with E-state index >= 15 is 0 Å². The summed E-state index contributed by atoms with van der Waals surface area (Å²) in [4.78, 5) is 15.9. The molecule has 1 aliphatic heterocycles. The maximum atomic E-state index is 6.68. The predicted octanol–water partition coefficient (Wildman–Crippen LogP) is 4.87. The Kier molecular flexibility index (Phi) is 5.90. The Balaban J connectivity index is 1.47.